The number of nitrogens with zero attached hydrogens (tertiary/aromatic N) is 3. The van der Waals surface area contributed by atoms with Crippen molar-refractivity contribution in [2.75, 3.05) is 6.54 Å². The maximum absolute atomic E-state index is 4.67. The van der Waals surface area contributed by atoms with Gasteiger partial charge in [-0.25, -0.2) is 0 Å². The summed E-state index contributed by atoms with van der Waals surface area (Å²) < 4.78 is 4.28. The average Bonchev–Trinajstić information content (AvgIpc) is 3.14. The lowest BCUT2D eigenvalue weighted by Crippen LogP contribution is -2.19. The first-order chi connectivity index (χ1) is 10.2. The van der Waals surface area contributed by atoms with Crippen LogP contribution in [0.5, 0.6) is 0 Å². The molecule has 4 heteroatoms. The number of rotatable bonds is 8. The molecule has 0 aliphatic carbocycles. The van der Waals surface area contributed by atoms with Crippen LogP contribution in [0.2, 0.25) is 0 Å². The van der Waals surface area contributed by atoms with Gasteiger partial charge in [-0.2, -0.15) is 5.10 Å². The molecule has 2 aromatic rings. The SMILES string of the molecule is CCNC(CC)c1ccn(Cc2ccn(C(C)CC)n2)c1. The lowest BCUT2D eigenvalue weighted by atomic mass is 10.1. The molecule has 0 amide bonds. The number of hydrogen-bond acceptors (Lipinski definition) is 2. The Hall–Kier alpha value is -1.55. The molecule has 0 aliphatic rings. The van der Waals surface area contributed by atoms with Crippen LogP contribution in [0.15, 0.2) is 30.7 Å². The maximum Gasteiger partial charge on any atom is 0.0821 e. The van der Waals surface area contributed by atoms with Crippen LogP contribution in [-0.4, -0.2) is 20.9 Å². The predicted molar refractivity (Wildman–Crippen MR) is 87.5 cm³/mol. The van der Waals surface area contributed by atoms with Gasteiger partial charge in [0.2, 0.25) is 0 Å². The molecule has 2 aromatic heterocycles. The van der Waals surface area contributed by atoms with E-state index in [-0.39, 0.29) is 0 Å². The van der Waals surface area contributed by atoms with Gasteiger partial charge in [0.25, 0.3) is 0 Å². The minimum Gasteiger partial charge on any atom is -0.348 e. The van der Waals surface area contributed by atoms with Crippen molar-refractivity contribution < 1.29 is 0 Å². The lowest BCUT2D eigenvalue weighted by molar-refractivity contribution is 0.472. The molecule has 21 heavy (non-hydrogen) atoms. The van der Waals surface area contributed by atoms with Crippen LogP contribution in [-0.2, 0) is 6.54 Å². The third-order valence-corrected chi connectivity index (χ3v) is 4.09. The van der Waals surface area contributed by atoms with E-state index in [0.29, 0.717) is 12.1 Å². The van der Waals surface area contributed by atoms with Crippen LogP contribution in [0.25, 0.3) is 0 Å². The normalized spacial score (nSPS) is 14.3. The molecule has 1 N–H and O–H groups in total. The van der Waals surface area contributed by atoms with Gasteiger partial charge in [-0.1, -0.05) is 20.8 Å². The molecule has 2 atom stereocenters. The van der Waals surface area contributed by atoms with Crippen LogP contribution < -0.4 is 5.32 Å². The van der Waals surface area contributed by atoms with Crippen LogP contribution in [0, 0.1) is 0 Å². The first kappa shape index (κ1) is 15.8. The van der Waals surface area contributed by atoms with E-state index >= 15 is 0 Å². The third kappa shape index (κ3) is 3.97. The van der Waals surface area contributed by atoms with Crippen LogP contribution in [0.1, 0.15) is 63.9 Å². The van der Waals surface area contributed by atoms with Crippen molar-refractivity contribution >= 4 is 0 Å². The molecule has 0 saturated heterocycles. The van der Waals surface area contributed by atoms with Gasteiger partial charge < -0.3 is 9.88 Å². The first-order valence-corrected chi connectivity index (χ1v) is 8.10. The van der Waals surface area contributed by atoms with E-state index in [1.165, 1.54) is 5.56 Å². The maximum atomic E-state index is 4.67. The summed E-state index contributed by atoms with van der Waals surface area (Å²) in [6.07, 6.45) is 8.69. The van der Waals surface area contributed by atoms with E-state index < -0.39 is 0 Å². The Bertz CT molecular complexity index is 540. The monoisotopic (exact) mass is 288 g/mol. The molecule has 0 radical (unpaired) electrons. The standard InChI is InChI=1S/C17H28N4/c1-5-14(4)21-11-9-16(19-21)13-20-10-8-15(12-20)17(6-2)18-7-3/h8-12,14,17-18H,5-7,13H2,1-4H3. The van der Waals surface area contributed by atoms with Crippen molar-refractivity contribution in [2.24, 2.45) is 0 Å². The Morgan fingerprint density at radius 1 is 1.14 bits per heavy atom. The molecule has 116 valence electrons. The third-order valence-electron chi connectivity index (χ3n) is 4.09. The van der Waals surface area contributed by atoms with E-state index in [4.69, 9.17) is 0 Å². The van der Waals surface area contributed by atoms with E-state index in [0.717, 1.165) is 31.6 Å². The van der Waals surface area contributed by atoms with Crippen LogP contribution in [0.4, 0.5) is 0 Å². The summed E-state index contributed by atoms with van der Waals surface area (Å²) in [5.74, 6) is 0. The molecule has 4 nitrogen and oxygen atoms in total. The van der Waals surface area contributed by atoms with E-state index in [9.17, 15) is 0 Å². The zero-order valence-corrected chi connectivity index (χ0v) is 13.7. The zero-order chi connectivity index (χ0) is 15.2. The summed E-state index contributed by atoms with van der Waals surface area (Å²) in [7, 11) is 0. The van der Waals surface area contributed by atoms with Gasteiger partial charge in [-0.05, 0) is 44.0 Å². The van der Waals surface area contributed by atoms with Gasteiger partial charge in [-0.15, -0.1) is 0 Å². The highest BCUT2D eigenvalue weighted by Crippen LogP contribution is 2.17. The van der Waals surface area contributed by atoms with E-state index in [1.54, 1.807) is 0 Å². The van der Waals surface area contributed by atoms with E-state index in [2.05, 4.69) is 78.1 Å². The Morgan fingerprint density at radius 2 is 1.95 bits per heavy atom. The van der Waals surface area contributed by atoms with Crippen molar-refractivity contribution in [2.45, 2.75) is 59.2 Å². The molecule has 2 rings (SSSR count). The van der Waals surface area contributed by atoms with Crippen molar-refractivity contribution in [1.82, 2.24) is 19.7 Å². The summed E-state index contributed by atoms with van der Waals surface area (Å²) >= 11 is 0. The number of aromatic nitrogens is 3. The molecular weight excluding hydrogens is 260 g/mol. The summed E-state index contributed by atoms with van der Waals surface area (Å²) in [5.41, 5.74) is 2.48. The number of nitrogens with one attached hydrogen (secondary N) is 1. The fourth-order valence-corrected chi connectivity index (χ4v) is 2.59. The molecule has 2 heterocycles. The van der Waals surface area contributed by atoms with Crippen molar-refractivity contribution in [3.8, 4) is 0 Å². The molecule has 2 unspecified atom stereocenters. The number of hydrogen-bond donors (Lipinski definition) is 1. The lowest BCUT2D eigenvalue weighted by Gasteiger charge is -2.13. The van der Waals surface area contributed by atoms with Crippen LogP contribution >= 0.6 is 0 Å². The van der Waals surface area contributed by atoms with Crippen molar-refractivity contribution in [3.05, 3.63) is 42.0 Å². The molecule has 0 aliphatic heterocycles. The van der Waals surface area contributed by atoms with Crippen molar-refractivity contribution in [3.63, 3.8) is 0 Å². The van der Waals surface area contributed by atoms with Gasteiger partial charge in [0.1, 0.15) is 0 Å². The molecule has 0 saturated carbocycles. The fraction of sp³-hybridized carbons (Fsp3) is 0.588. The highest BCUT2D eigenvalue weighted by molar-refractivity contribution is 5.16. The summed E-state index contributed by atoms with van der Waals surface area (Å²) in [4.78, 5) is 0. The Labute approximate surface area is 128 Å². The summed E-state index contributed by atoms with van der Waals surface area (Å²) in [6, 6.07) is 5.25. The quantitative estimate of drug-likeness (QED) is 0.802. The van der Waals surface area contributed by atoms with Gasteiger partial charge in [-0.3, -0.25) is 4.68 Å². The van der Waals surface area contributed by atoms with Gasteiger partial charge in [0.15, 0.2) is 0 Å². The second kappa shape index (κ2) is 7.46. The zero-order valence-electron chi connectivity index (χ0n) is 13.7. The summed E-state index contributed by atoms with van der Waals surface area (Å²) in [5, 5.41) is 8.19. The topological polar surface area (TPSA) is 34.8 Å². The van der Waals surface area contributed by atoms with Gasteiger partial charge >= 0.3 is 0 Å². The molecule has 0 bridgehead atoms. The second-order valence-corrected chi connectivity index (χ2v) is 5.68. The first-order valence-electron chi connectivity index (χ1n) is 8.10. The van der Waals surface area contributed by atoms with Gasteiger partial charge in [0, 0.05) is 30.7 Å². The predicted octanol–water partition coefficient (Wildman–Crippen LogP) is 3.76. The van der Waals surface area contributed by atoms with Crippen molar-refractivity contribution in [1.29, 1.82) is 0 Å². The second-order valence-electron chi connectivity index (χ2n) is 5.68. The highest BCUT2D eigenvalue weighted by Gasteiger charge is 2.10. The smallest absolute Gasteiger partial charge is 0.0821 e. The Morgan fingerprint density at radius 3 is 2.62 bits per heavy atom. The summed E-state index contributed by atoms with van der Waals surface area (Å²) in [6.45, 7) is 10.6. The van der Waals surface area contributed by atoms with Crippen LogP contribution in [0.3, 0.4) is 0 Å². The minimum atomic E-state index is 0.453. The molecule has 0 aromatic carbocycles. The molecule has 0 spiro atoms. The average molecular weight is 288 g/mol. The van der Waals surface area contributed by atoms with Gasteiger partial charge in [0.05, 0.1) is 12.2 Å². The largest absolute Gasteiger partial charge is 0.348 e. The Kier molecular flexibility index (Phi) is 5.62. The Balaban J connectivity index is 2.03. The minimum absolute atomic E-state index is 0.453. The fourth-order valence-electron chi connectivity index (χ4n) is 2.59. The highest BCUT2D eigenvalue weighted by atomic mass is 15.3. The molecule has 0 fully saturated rings. The van der Waals surface area contributed by atoms with E-state index in [1.807, 2.05) is 0 Å². The molecular formula is C17H28N4.